The number of aromatic amines is 1. The highest BCUT2D eigenvalue weighted by molar-refractivity contribution is 5.78. The van der Waals surface area contributed by atoms with E-state index >= 15 is 0 Å². The molecule has 0 fully saturated rings. The number of hydrogen-bond donors (Lipinski definition) is 1. The molecule has 0 aliphatic rings. The van der Waals surface area contributed by atoms with Crippen LogP contribution in [0.15, 0.2) is 32.2 Å². The van der Waals surface area contributed by atoms with Gasteiger partial charge in [0.2, 0.25) is 0 Å². The van der Waals surface area contributed by atoms with Gasteiger partial charge in [0.15, 0.2) is 0 Å². The van der Waals surface area contributed by atoms with Gasteiger partial charge in [-0.05, 0) is 18.2 Å². The molecule has 1 aromatic carbocycles. The number of nitrogens with zero attached hydrogens (tertiary/aromatic N) is 1. The molecule has 0 aliphatic heterocycles. The van der Waals surface area contributed by atoms with E-state index in [0.717, 1.165) is 0 Å². The van der Waals surface area contributed by atoms with Crippen molar-refractivity contribution >= 4 is 10.9 Å². The number of hydrogen-bond acceptors (Lipinski definition) is 4. The zero-order chi connectivity index (χ0) is 10.1. The van der Waals surface area contributed by atoms with Crippen LogP contribution in [-0.2, 0) is 0 Å². The zero-order valence-corrected chi connectivity index (χ0v) is 6.90. The average molecular weight is 188 g/mol. The molecule has 0 saturated heterocycles. The Kier molecular flexibility index (Phi) is 1.68. The first-order valence-corrected chi connectivity index (χ1v) is 3.78. The third kappa shape index (κ3) is 1.19. The Bertz CT molecular complexity index is 645. The van der Waals surface area contributed by atoms with Crippen LogP contribution in [0.3, 0.4) is 0 Å². The number of aromatic nitrogens is 1. The van der Waals surface area contributed by atoms with Crippen LogP contribution >= 0.6 is 0 Å². The smallest absolute Gasteiger partial charge is 0.372 e. The molecule has 1 heterocycles. The second-order valence-electron chi connectivity index (χ2n) is 2.67. The Hall–Kier alpha value is -2.35. The normalized spacial score (nSPS) is 9.93. The Morgan fingerprint density at radius 1 is 1.36 bits per heavy atom. The lowest BCUT2D eigenvalue weighted by Crippen LogP contribution is -2.14. The van der Waals surface area contributed by atoms with Gasteiger partial charge in [0.05, 0.1) is 22.5 Å². The predicted molar refractivity (Wildman–Crippen MR) is 47.8 cm³/mol. The van der Waals surface area contributed by atoms with E-state index in [-0.39, 0.29) is 5.39 Å². The fraction of sp³-hybridized carbons (Fsp3) is 0. The fourth-order valence-electron chi connectivity index (χ4n) is 1.17. The molecule has 1 aromatic heterocycles. The van der Waals surface area contributed by atoms with E-state index in [2.05, 4.69) is 9.40 Å². The van der Waals surface area contributed by atoms with Crippen LogP contribution in [0.25, 0.3) is 10.9 Å². The van der Waals surface area contributed by atoms with Crippen molar-refractivity contribution in [2.24, 2.45) is 0 Å². The predicted octanol–water partition coefficient (Wildman–Crippen LogP) is 0.353. The highest BCUT2D eigenvalue weighted by Crippen LogP contribution is 2.07. The molecule has 0 atom stereocenters. The van der Waals surface area contributed by atoms with Crippen LogP contribution in [0.1, 0.15) is 5.56 Å². The summed E-state index contributed by atoms with van der Waals surface area (Å²) in [6, 6.07) is 6.26. The summed E-state index contributed by atoms with van der Waals surface area (Å²) in [5.74, 6) is -0.799. The van der Waals surface area contributed by atoms with E-state index in [9.17, 15) is 9.59 Å². The molecule has 1 N–H and O–H groups in total. The van der Waals surface area contributed by atoms with Crippen molar-refractivity contribution in [3.63, 3.8) is 0 Å². The zero-order valence-electron chi connectivity index (χ0n) is 6.90. The van der Waals surface area contributed by atoms with Gasteiger partial charge in [-0.1, -0.05) is 0 Å². The van der Waals surface area contributed by atoms with Crippen LogP contribution in [-0.4, -0.2) is 4.98 Å². The molecule has 0 saturated carbocycles. The maximum atomic E-state index is 11.2. The molecular weight excluding hydrogens is 184 g/mol. The molecular formula is C9H4N2O3. The maximum absolute atomic E-state index is 11.2. The molecule has 0 aliphatic carbocycles. The van der Waals surface area contributed by atoms with Gasteiger partial charge in [-0.25, -0.2) is 9.59 Å². The van der Waals surface area contributed by atoms with Crippen molar-refractivity contribution in [1.82, 2.24) is 4.98 Å². The van der Waals surface area contributed by atoms with Crippen molar-refractivity contribution in [3.8, 4) is 6.07 Å². The summed E-state index contributed by atoms with van der Waals surface area (Å²) >= 11 is 0. The first kappa shape index (κ1) is 8.26. The number of H-pyrrole nitrogens is 1. The van der Waals surface area contributed by atoms with Gasteiger partial charge in [-0.15, -0.1) is 0 Å². The Morgan fingerprint density at radius 3 is 2.86 bits per heavy atom. The van der Waals surface area contributed by atoms with Gasteiger partial charge in [-0.2, -0.15) is 5.26 Å². The Labute approximate surface area is 77.2 Å². The summed E-state index contributed by atoms with van der Waals surface area (Å²) in [4.78, 5) is 24.3. The first-order chi connectivity index (χ1) is 6.70. The summed E-state index contributed by atoms with van der Waals surface area (Å²) in [5.41, 5.74) is -0.0250. The summed E-state index contributed by atoms with van der Waals surface area (Å²) in [5, 5.41) is 8.79. The van der Waals surface area contributed by atoms with Gasteiger partial charge < -0.3 is 4.42 Å². The van der Waals surface area contributed by atoms with E-state index in [1.165, 1.54) is 18.2 Å². The largest absolute Gasteiger partial charge is 0.419 e. The first-order valence-electron chi connectivity index (χ1n) is 3.78. The molecule has 0 spiro atoms. The van der Waals surface area contributed by atoms with Crippen molar-refractivity contribution in [2.45, 2.75) is 0 Å². The topological polar surface area (TPSA) is 86.9 Å². The van der Waals surface area contributed by atoms with E-state index < -0.39 is 11.4 Å². The molecule has 5 nitrogen and oxygen atoms in total. The minimum absolute atomic E-state index is 0.198. The van der Waals surface area contributed by atoms with Crippen LogP contribution in [0.4, 0.5) is 0 Å². The summed E-state index contributed by atoms with van der Waals surface area (Å²) in [6.45, 7) is 0. The minimum Gasteiger partial charge on any atom is -0.372 e. The lowest BCUT2D eigenvalue weighted by molar-refractivity contribution is 0.460. The summed E-state index contributed by atoms with van der Waals surface area (Å²) in [6.07, 6.45) is 0. The molecule has 0 radical (unpaired) electrons. The lowest BCUT2D eigenvalue weighted by atomic mass is 10.2. The average Bonchev–Trinajstić information content (AvgIpc) is 2.17. The third-order valence-electron chi connectivity index (χ3n) is 1.79. The van der Waals surface area contributed by atoms with E-state index in [1.54, 1.807) is 0 Å². The number of nitrogens with one attached hydrogen (secondary N) is 1. The maximum Gasteiger partial charge on any atom is 0.419 e. The van der Waals surface area contributed by atoms with Gasteiger partial charge in [0.25, 0.3) is 0 Å². The standard InChI is InChI=1S/C9H4N2O3/c10-4-5-1-2-7-6(3-5)8(12)14-9(13)11-7/h1-3H,(H,11,13). The molecule has 0 unspecified atom stereocenters. The third-order valence-corrected chi connectivity index (χ3v) is 1.79. The summed E-state index contributed by atoms with van der Waals surface area (Å²) < 4.78 is 4.31. The quantitative estimate of drug-likeness (QED) is 0.646. The molecule has 5 heteroatoms. The van der Waals surface area contributed by atoms with Crippen molar-refractivity contribution in [1.29, 1.82) is 5.26 Å². The molecule has 0 bridgehead atoms. The van der Waals surface area contributed by atoms with Gasteiger partial charge in [0, 0.05) is 0 Å². The monoisotopic (exact) mass is 188 g/mol. The Morgan fingerprint density at radius 2 is 2.14 bits per heavy atom. The molecule has 2 aromatic rings. The van der Waals surface area contributed by atoms with Gasteiger partial charge in [-0.3, -0.25) is 4.98 Å². The fourth-order valence-corrected chi connectivity index (χ4v) is 1.17. The SMILES string of the molecule is N#Cc1ccc2[nH]c(=O)oc(=O)c2c1. The van der Waals surface area contributed by atoms with Crippen LogP contribution < -0.4 is 11.4 Å². The highest BCUT2D eigenvalue weighted by atomic mass is 16.4. The van der Waals surface area contributed by atoms with Crippen molar-refractivity contribution in [3.05, 3.63) is 44.7 Å². The van der Waals surface area contributed by atoms with Gasteiger partial charge in [0.1, 0.15) is 0 Å². The molecule has 0 amide bonds. The Balaban J connectivity index is 2.98. The summed E-state index contributed by atoms with van der Waals surface area (Å²) in [7, 11) is 0. The van der Waals surface area contributed by atoms with Crippen LogP contribution in [0, 0.1) is 11.3 Å². The number of fused-ring (bicyclic) bond motifs is 1. The molecule has 68 valence electrons. The number of benzene rings is 1. The number of nitriles is 1. The van der Waals surface area contributed by atoms with Crippen LogP contribution in [0.5, 0.6) is 0 Å². The molecule has 14 heavy (non-hydrogen) atoms. The van der Waals surface area contributed by atoms with Crippen molar-refractivity contribution < 1.29 is 4.42 Å². The minimum atomic E-state index is -0.799. The number of rotatable bonds is 0. The molecule has 2 rings (SSSR count). The lowest BCUT2D eigenvalue weighted by Gasteiger charge is -1.94. The van der Waals surface area contributed by atoms with E-state index in [0.29, 0.717) is 11.1 Å². The second kappa shape index (κ2) is 2.85. The van der Waals surface area contributed by atoms with Crippen molar-refractivity contribution in [2.75, 3.05) is 0 Å². The van der Waals surface area contributed by atoms with Crippen LogP contribution in [0.2, 0.25) is 0 Å². The second-order valence-corrected chi connectivity index (χ2v) is 2.67. The van der Waals surface area contributed by atoms with E-state index in [4.69, 9.17) is 5.26 Å². The highest BCUT2D eigenvalue weighted by Gasteiger charge is 2.02. The van der Waals surface area contributed by atoms with E-state index in [1.807, 2.05) is 6.07 Å². The van der Waals surface area contributed by atoms with Gasteiger partial charge >= 0.3 is 11.4 Å².